The number of non-ortho nitro benzene ring substituents is 1. The van der Waals surface area contributed by atoms with Crippen molar-refractivity contribution in [3.05, 3.63) is 63.7 Å². The fraction of sp³-hybridized carbons (Fsp3) is 0. The molecule has 0 aliphatic rings. The fourth-order valence-electron chi connectivity index (χ4n) is 1.55. The molecule has 20 heavy (non-hydrogen) atoms. The number of nitro groups is 1. The number of hydrogen-bond donors (Lipinski definition) is 1. The number of aromatic hydroxyl groups is 1. The zero-order valence-electron chi connectivity index (χ0n) is 10.4. The highest BCUT2D eigenvalue weighted by Gasteiger charge is 2.08. The van der Waals surface area contributed by atoms with Gasteiger partial charge in [0.15, 0.2) is 0 Å². The Labute approximate surface area is 115 Å². The van der Waals surface area contributed by atoms with Crippen molar-refractivity contribution >= 4 is 17.6 Å². The first-order chi connectivity index (χ1) is 9.60. The second-order valence-corrected chi connectivity index (χ2v) is 3.95. The Morgan fingerprint density at radius 3 is 2.55 bits per heavy atom. The van der Waals surface area contributed by atoms with Crippen molar-refractivity contribution in [1.29, 1.82) is 0 Å². The Morgan fingerprint density at radius 2 is 1.95 bits per heavy atom. The van der Waals surface area contributed by atoms with Gasteiger partial charge in [0.1, 0.15) is 5.75 Å². The Hall–Kier alpha value is -3.13. The van der Waals surface area contributed by atoms with Crippen LogP contribution in [0.3, 0.4) is 0 Å². The molecule has 0 bridgehead atoms. The van der Waals surface area contributed by atoms with E-state index in [0.29, 0.717) is 5.69 Å². The highest BCUT2D eigenvalue weighted by molar-refractivity contribution is 5.86. The van der Waals surface area contributed by atoms with E-state index in [1.54, 1.807) is 24.3 Å². The number of terminal acetylenes is 1. The van der Waals surface area contributed by atoms with Crippen LogP contribution in [0.25, 0.3) is 0 Å². The number of phenolic OH excluding ortho intramolecular Hbond substituents is 1. The van der Waals surface area contributed by atoms with Crippen molar-refractivity contribution in [1.82, 2.24) is 0 Å². The quantitative estimate of drug-likeness (QED) is 0.401. The summed E-state index contributed by atoms with van der Waals surface area (Å²) in [6.07, 6.45) is 6.61. The summed E-state index contributed by atoms with van der Waals surface area (Å²) in [5.41, 5.74) is 1.55. The van der Waals surface area contributed by atoms with E-state index >= 15 is 0 Å². The van der Waals surface area contributed by atoms with E-state index in [9.17, 15) is 15.2 Å². The zero-order valence-corrected chi connectivity index (χ0v) is 10.4. The summed E-state index contributed by atoms with van der Waals surface area (Å²) in [7, 11) is 0. The van der Waals surface area contributed by atoms with E-state index in [1.807, 2.05) is 0 Å². The molecule has 0 atom stereocenters. The van der Waals surface area contributed by atoms with E-state index in [-0.39, 0.29) is 17.0 Å². The van der Waals surface area contributed by atoms with Crippen LogP contribution in [0, 0.1) is 22.5 Å². The number of nitrogens with zero attached hydrogens (tertiary/aromatic N) is 2. The Kier molecular flexibility index (Phi) is 3.77. The van der Waals surface area contributed by atoms with E-state index < -0.39 is 4.92 Å². The van der Waals surface area contributed by atoms with Gasteiger partial charge in [-0.1, -0.05) is 5.92 Å². The lowest BCUT2D eigenvalue weighted by Crippen LogP contribution is -1.90. The monoisotopic (exact) mass is 266 g/mol. The number of benzene rings is 2. The average Bonchev–Trinajstić information content (AvgIpc) is 2.46. The average molecular weight is 266 g/mol. The fourth-order valence-corrected chi connectivity index (χ4v) is 1.55. The second kappa shape index (κ2) is 5.67. The summed E-state index contributed by atoms with van der Waals surface area (Å²) < 4.78 is 0. The van der Waals surface area contributed by atoms with Gasteiger partial charge in [0.05, 0.1) is 10.6 Å². The summed E-state index contributed by atoms with van der Waals surface area (Å²) in [6, 6.07) is 10.7. The topological polar surface area (TPSA) is 75.7 Å². The molecule has 0 fully saturated rings. The van der Waals surface area contributed by atoms with Gasteiger partial charge in [-0.3, -0.25) is 15.1 Å². The van der Waals surface area contributed by atoms with Gasteiger partial charge in [-0.25, -0.2) is 0 Å². The van der Waals surface area contributed by atoms with Crippen LogP contribution in [0.4, 0.5) is 11.4 Å². The Balaban J connectivity index is 2.28. The van der Waals surface area contributed by atoms with Crippen LogP contribution in [-0.2, 0) is 0 Å². The normalized spacial score (nSPS) is 10.3. The van der Waals surface area contributed by atoms with Crippen molar-refractivity contribution in [2.45, 2.75) is 0 Å². The molecule has 5 nitrogen and oxygen atoms in total. The first kappa shape index (κ1) is 13.3. The van der Waals surface area contributed by atoms with Crippen LogP contribution < -0.4 is 0 Å². The number of phenols is 1. The molecule has 0 radical (unpaired) electrons. The summed E-state index contributed by atoms with van der Waals surface area (Å²) in [6.45, 7) is 0. The molecule has 2 aromatic rings. The number of rotatable bonds is 3. The molecule has 0 unspecified atom stereocenters. The maximum absolute atomic E-state index is 10.7. The highest BCUT2D eigenvalue weighted by Crippen LogP contribution is 2.22. The zero-order chi connectivity index (χ0) is 14.5. The van der Waals surface area contributed by atoms with Gasteiger partial charge in [-0.05, 0) is 30.3 Å². The SMILES string of the molecule is C#Cc1ccc(/N=C/c2cc([N+](=O)[O-])ccc2O)cc1. The third kappa shape index (κ3) is 3.00. The molecule has 0 saturated carbocycles. The minimum absolute atomic E-state index is 0.0698. The maximum atomic E-state index is 10.7. The standard InChI is InChI=1S/C15H10N2O3/c1-2-11-3-5-13(6-4-11)16-10-12-9-14(17(19)20)7-8-15(12)18/h1,3-10,18H/b16-10+. The molecule has 1 N–H and O–H groups in total. The molecule has 2 rings (SSSR count). The highest BCUT2D eigenvalue weighted by atomic mass is 16.6. The summed E-state index contributed by atoms with van der Waals surface area (Å²) in [4.78, 5) is 14.3. The molecule has 0 amide bonds. The molecule has 0 aromatic heterocycles. The molecular weight excluding hydrogens is 256 g/mol. The first-order valence-corrected chi connectivity index (χ1v) is 5.68. The van der Waals surface area contributed by atoms with Crippen molar-refractivity contribution in [2.24, 2.45) is 4.99 Å². The van der Waals surface area contributed by atoms with Gasteiger partial charge in [-0.15, -0.1) is 6.42 Å². The lowest BCUT2D eigenvalue weighted by Gasteiger charge is -1.99. The Bertz CT molecular complexity index is 713. The van der Waals surface area contributed by atoms with Gasteiger partial charge in [-0.2, -0.15) is 0 Å². The van der Waals surface area contributed by atoms with E-state index in [2.05, 4.69) is 10.9 Å². The summed E-state index contributed by atoms with van der Waals surface area (Å²) >= 11 is 0. The lowest BCUT2D eigenvalue weighted by molar-refractivity contribution is -0.384. The van der Waals surface area contributed by atoms with E-state index in [1.165, 1.54) is 24.4 Å². The van der Waals surface area contributed by atoms with Gasteiger partial charge in [0.25, 0.3) is 5.69 Å². The summed E-state index contributed by atoms with van der Waals surface area (Å²) in [5, 5.41) is 20.3. The van der Waals surface area contributed by atoms with Crippen LogP contribution in [0.1, 0.15) is 11.1 Å². The molecular formula is C15H10N2O3. The third-order valence-electron chi connectivity index (χ3n) is 2.61. The smallest absolute Gasteiger partial charge is 0.270 e. The van der Waals surface area contributed by atoms with Gasteiger partial charge >= 0.3 is 0 Å². The lowest BCUT2D eigenvalue weighted by atomic mass is 10.2. The van der Waals surface area contributed by atoms with Crippen LogP contribution in [0.15, 0.2) is 47.5 Å². The second-order valence-electron chi connectivity index (χ2n) is 3.95. The van der Waals surface area contributed by atoms with Crippen molar-refractivity contribution < 1.29 is 10.0 Å². The molecule has 0 aliphatic carbocycles. The maximum Gasteiger partial charge on any atom is 0.270 e. The van der Waals surface area contributed by atoms with E-state index in [0.717, 1.165) is 5.56 Å². The van der Waals surface area contributed by atoms with Crippen LogP contribution in [0.2, 0.25) is 0 Å². The predicted octanol–water partition coefficient (Wildman–Crippen LogP) is 3.03. The van der Waals surface area contributed by atoms with E-state index in [4.69, 9.17) is 6.42 Å². The molecule has 0 spiro atoms. The van der Waals surface area contributed by atoms with Gasteiger partial charge in [0, 0.05) is 29.5 Å². The number of nitro benzene ring substituents is 1. The van der Waals surface area contributed by atoms with Crippen molar-refractivity contribution in [3.8, 4) is 18.1 Å². The molecule has 0 aliphatic heterocycles. The minimum atomic E-state index is -0.529. The largest absolute Gasteiger partial charge is 0.507 e. The number of aliphatic imine (C=N–C) groups is 1. The van der Waals surface area contributed by atoms with Gasteiger partial charge < -0.3 is 5.11 Å². The molecule has 0 saturated heterocycles. The summed E-state index contributed by atoms with van der Waals surface area (Å²) in [5.74, 6) is 2.42. The molecule has 2 aromatic carbocycles. The molecule has 5 heteroatoms. The molecule has 98 valence electrons. The van der Waals surface area contributed by atoms with Crippen molar-refractivity contribution in [3.63, 3.8) is 0 Å². The Morgan fingerprint density at radius 1 is 1.25 bits per heavy atom. The van der Waals surface area contributed by atoms with Crippen molar-refractivity contribution in [2.75, 3.05) is 0 Å². The van der Waals surface area contributed by atoms with Crippen LogP contribution in [-0.4, -0.2) is 16.2 Å². The predicted molar refractivity (Wildman–Crippen MR) is 76.4 cm³/mol. The first-order valence-electron chi connectivity index (χ1n) is 5.68. The third-order valence-corrected chi connectivity index (χ3v) is 2.61. The van der Waals surface area contributed by atoms with Crippen LogP contribution >= 0.6 is 0 Å². The van der Waals surface area contributed by atoms with Crippen LogP contribution in [0.5, 0.6) is 5.75 Å². The number of hydrogen-bond acceptors (Lipinski definition) is 4. The molecule has 0 heterocycles. The van der Waals surface area contributed by atoms with Gasteiger partial charge in [0.2, 0.25) is 0 Å². The minimum Gasteiger partial charge on any atom is -0.507 e.